The minimum absolute atomic E-state index is 0.140. The Morgan fingerprint density at radius 3 is 2.39 bits per heavy atom. The fourth-order valence-electron chi connectivity index (χ4n) is 2.73. The molecule has 9 heteroatoms. The molecule has 4 aromatic rings. The number of aromatic nitrogens is 5. The number of anilines is 2. The number of amides is 1. The van der Waals surface area contributed by atoms with Crippen molar-refractivity contribution in [3.8, 4) is 5.69 Å². The molecule has 0 aliphatic carbocycles. The maximum absolute atomic E-state index is 12.6. The fraction of sp³-hybridized carbons (Fsp3) is 0.105. The summed E-state index contributed by atoms with van der Waals surface area (Å²) in [5.74, 6) is -0.140. The Morgan fingerprint density at radius 2 is 1.71 bits per heavy atom. The van der Waals surface area contributed by atoms with Gasteiger partial charge in [0.2, 0.25) is 5.91 Å². The summed E-state index contributed by atoms with van der Waals surface area (Å²) in [7, 11) is 0. The monoisotopic (exact) mass is 392 g/mol. The van der Waals surface area contributed by atoms with Crippen molar-refractivity contribution in [1.29, 1.82) is 0 Å². The second kappa shape index (κ2) is 7.57. The molecule has 4 rings (SSSR count). The van der Waals surface area contributed by atoms with Crippen LogP contribution in [0, 0.1) is 0 Å². The van der Waals surface area contributed by atoms with E-state index in [9.17, 15) is 9.59 Å². The average Bonchev–Trinajstić information content (AvgIpc) is 3.31. The molecule has 1 amide bonds. The van der Waals surface area contributed by atoms with Crippen LogP contribution in [-0.4, -0.2) is 30.7 Å². The van der Waals surface area contributed by atoms with Crippen LogP contribution in [-0.2, 0) is 11.3 Å². The van der Waals surface area contributed by atoms with E-state index in [1.54, 1.807) is 12.1 Å². The molecule has 0 atom stereocenters. The average molecular weight is 392 g/mol. The van der Waals surface area contributed by atoms with Crippen LogP contribution in [0.25, 0.3) is 5.69 Å². The van der Waals surface area contributed by atoms with Crippen LogP contribution in [0.5, 0.6) is 0 Å². The Hall–Kier alpha value is -3.59. The number of hydrogen-bond donors (Lipinski definition) is 0. The minimum Gasteiger partial charge on any atom is -0.274 e. The Bertz CT molecular complexity index is 1150. The highest BCUT2D eigenvalue weighted by atomic mass is 32.1. The van der Waals surface area contributed by atoms with E-state index >= 15 is 0 Å². The molecule has 2 aromatic heterocycles. The van der Waals surface area contributed by atoms with Gasteiger partial charge in [-0.3, -0.25) is 9.69 Å². The SMILES string of the molecule is CC(=O)N(c1ccccc1)c1nc(Cn2nnn(-c3ccccc3)c2=O)cs1. The number of hydrogen-bond acceptors (Lipinski definition) is 6. The Morgan fingerprint density at radius 1 is 1.04 bits per heavy atom. The standard InChI is InChI=1S/C19H16N6O2S/c1-14(26)24(16-8-4-2-5-9-16)18-20-15(13-28-18)12-23-19(27)25(22-21-23)17-10-6-3-7-11-17/h2-11,13H,12H2,1H3. The van der Waals surface area contributed by atoms with E-state index in [0.717, 1.165) is 5.69 Å². The van der Waals surface area contributed by atoms with Crippen LogP contribution in [0.15, 0.2) is 70.8 Å². The Balaban J connectivity index is 1.60. The van der Waals surface area contributed by atoms with Gasteiger partial charge in [-0.1, -0.05) is 36.4 Å². The van der Waals surface area contributed by atoms with E-state index in [2.05, 4.69) is 15.4 Å². The summed E-state index contributed by atoms with van der Waals surface area (Å²) in [5.41, 5.74) is 1.66. The molecule has 140 valence electrons. The van der Waals surface area contributed by atoms with Crippen molar-refractivity contribution in [3.63, 3.8) is 0 Å². The van der Waals surface area contributed by atoms with Crippen molar-refractivity contribution >= 4 is 28.1 Å². The van der Waals surface area contributed by atoms with E-state index < -0.39 is 0 Å². The molecule has 0 spiro atoms. The molecule has 2 aromatic carbocycles. The third-order valence-corrected chi connectivity index (χ3v) is 4.89. The molecule has 2 heterocycles. The highest BCUT2D eigenvalue weighted by Gasteiger charge is 2.18. The van der Waals surface area contributed by atoms with Crippen LogP contribution in [0.1, 0.15) is 12.6 Å². The number of thiazole rings is 1. The minimum atomic E-state index is -0.354. The van der Waals surface area contributed by atoms with E-state index in [1.165, 1.54) is 32.5 Å². The van der Waals surface area contributed by atoms with Crippen LogP contribution < -0.4 is 10.6 Å². The van der Waals surface area contributed by atoms with Gasteiger partial charge in [0.25, 0.3) is 0 Å². The molecular weight excluding hydrogens is 376 g/mol. The van der Waals surface area contributed by atoms with Crippen molar-refractivity contribution in [3.05, 3.63) is 82.2 Å². The summed E-state index contributed by atoms with van der Waals surface area (Å²) in [6.07, 6.45) is 0. The lowest BCUT2D eigenvalue weighted by atomic mass is 10.3. The van der Waals surface area contributed by atoms with Crippen molar-refractivity contribution in [1.82, 2.24) is 24.8 Å². The summed E-state index contributed by atoms with van der Waals surface area (Å²) in [4.78, 5) is 30.7. The maximum Gasteiger partial charge on any atom is 0.368 e. The highest BCUT2D eigenvalue weighted by Crippen LogP contribution is 2.28. The third-order valence-electron chi connectivity index (χ3n) is 4.01. The van der Waals surface area contributed by atoms with Crippen molar-refractivity contribution in [2.24, 2.45) is 0 Å². The van der Waals surface area contributed by atoms with Gasteiger partial charge in [0, 0.05) is 12.3 Å². The second-order valence-corrected chi connectivity index (χ2v) is 6.81. The van der Waals surface area contributed by atoms with Gasteiger partial charge < -0.3 is 0 Å². The molecule has 0 aliphatic heterocycles. The summed E-state index contributed by atoms with van der Waals surface area (Å²) in [6.45, 7) is 1.66. The van der Waals surface area contributed by atoms with Gasteiger partial charge in [-0.05, 0) is 34.7 Å². The summed E-state index contributed by atoms with van der Waals surface area (Å²) in [5, 5.41) is 10.2. The van der Waals surface area contributed by atoms with Crippen molar-refractivity contribution in [2.75, 3.05) is 4.90 Å². The van der Waals surface area contributed by atoms with Gasteiger partial charge >= 0.3 is 5.69 Å². The highest BCUT2D eigenvalue weighted by molar-refractivity contribution is 7.14. The zero-order valence-corrected chi connectivity index (χ0v) is 15.8. The van der Waals surface area contributed by atoms with Gasteiger partial charge in [0.15, 0.2) is 5.13 Å². The van der Waals surface area contributed by atoms with Crippen molar-refractivity contribution in [2.45, 2.75) is 13.5 Å². The Labute approximate surface area is 164 Å². The van der Waals surface area contributed by atoms with Gasteiger partial charge in [0.05, 0.1) is 23.6 Å². The molecular formula is C19H16N6O2S. The smallest absolute Gasteiger partial charge is 0.274 e. The zero-order chi connectivity index (χ0) is 19.5. The predicted molar refractivity (Wildman–Crippen MR) is 106 cm³/mol. The normalized spacial score (nSPS) is 10.8. The number of benzene rings is 2. The van der Waals surface area contributed by atoms with Gasteiger partial charge in [-0.2, -0.15) is 9.36 Å². The number of para-hydroxylation sites is 2. The lowest BCUT2D eigenvalue weighted by molar-refractivity contribution is -0.115. The first-order valence-corrected chi connectivity index (χ1v) is 9.40. The topological polar surface area (TPSA) is 85.9 Å². The maximum atomic E-state index is 12.6. The van der Waals surface area contributed by atoms with Crippen LogP contribution in [0.3, 0.4) is 0 Å². The molecule has 0 saturated carbocycles. The Kier molecular flexibility index (Phi) is 4.81. The largest absolute Gasteiger partial charge is 0.368 e. The third kappa shape index (κ3) is 3.47. The van der Waals surface area contributed by atoms with Crippen LogP contribution >= 0.6 is 11.3 Å². The number of tetrazole rings is 1. The number of nitrogens with zero attached hydrogens (tertiary/aromatic N) is 6. The first kappa shape index (κ1) is 17.8. The van der Waals surface area contributed by atoms with Gasteiger partial charge in [-0.15, -0.1) is 11.3 Å². The molecule has 8 nitrogen and oxygen atoms in total. The van der Waals surface area contributed by atoms with E-state index in [4.69, 9.17) is 0 Å². The molecule has 0 bridgehead atoms. The number of carbonyl (C=O) groups is 1. The number of carbonyl (C=O) groups excluding carboxylic acids is 1. The van der Waals surface area contributed by atoms with Gasteiger partial charge in [0.1, 0.15) is 0 Å². The molecule has 0 radical (unpaired) electrons. The summed E-state index contributed by atoms with van der Waals surface area (Å²) < 4.78 is 2.48. The fourth-order valence-corrected chi connectivity index (χ4v) is 3.61. The molecule has 0 fully saturated rings. The van der Waals surface area contributed by atoms with E-state index in [-0.39, 0.29) is 18.1 Å². The summed E-state index contributed by atoms with van der Waals surface area (Å²) >= 11 is 1.33. The number of rotatable bonds is 5. The molecule has 0 aliphatic rings. The van der Waals surface area contributed by atoms with E-state index in [1.807, 2.05) is 53.9 Å². The first-order valence-electron chi connectivity index (χ1n) is 8.52. The molecule has 0 unspecified atom stereocenters. The summed E-state index contributed by atoms with van der Waals surface area (Å²) in [6, 6.07) is 18.4. The zero-order valence-electron chi connectivity index (χ0n) is 15.0. The van der Waals surface area contributed by atoms with Gasteiger partial charge in [-0.25, -0.2) is 9.78 Å². The lowest BCUT2D eigenvalue weighted by Crippen LogP contribution is -2.25. The first-order chi connectivity index (χ1) is 13.6. The molecule has 0 N–H and O–H groups in total. The van der Waals surface area contributed by atoms with Crippen LogP contribution in [0.2, 0.25) is 0 Å². The van der Waals surface area contributed by atoms with E-state index in [0.29, 0.717) is 16.5 Å². The molecule has 28 heavy (non-hydrogen) atoms. The van der Waals surface area contributed by atoms with Crippen molar-refractivity contribution < 1.29 is 4.79 Å². The quantitative estimate of drug-likeness (QED) is 0.521. The predicted octanol–water partition coefficient (Wildman–Crippen LogP) is 2.62. The van der Waals surface area contributed by atoms with Crippen LogP contribution in [0.4, 0.5) is 10.8 Å². The second-order valence-electron chi connectivity index (χ2n) is 5.98. The lowest BCUT2D eigenvalue weighted by Gasteiger charge is -2.17. The molecule has 0 saturated heterocycles.